The third kappa shape index (κ3) is 9.10. The lowest BCUT2D eigenvalue weighted by molar-refractivity contribution is -0.139. The maximum atomic E-state index is 13.7. The first kappa shape index (κ1) is 30.6. The van der Waals surface area contributed by atoms with Crippen LogP contribution in [0.25, 0.3) is 0 Å². The van der Waals surface area contributed by atoms with Crippen molar-refractivity contribution in [3.05, 3.63) is 104 Å². The van der Waals surface area contributed by atoms with E-state index in [-0.39, 0.29) is 30.0 Å². The normalized spacial score (nSPS) is 11.9. The summed E-state index contributed by atoms with van der Waals surface area (Å²) in [6, 6.07) is 19.5. The lowest BCUT2D eigenvalue weighted by Gasteiger charge is -2.32. The van der Waals surface area contributed by atoms with Crippen molar-refractivity contribution in [2.75, 3.05) is 12.3 Å². The molecular formula is C29H30Cl4N2O2S. The molecule has 0 bridgehead atoms. The summed E-state index contributed by atoms with van der Waals surface area (Å²) in [5, 5.41) is 4.95. The number of halogens is 4. The van der Waals surface area contributed by atoms with Crippen molar-refractivity contribution in [1.29, 1.82) is 0 Å². The molecule has 4 nitrogen and oxygen atoms in total. The Morgan fingerprint density at radius 2 is 1.53 bits per heavy atom. The molecular weight excluding hydrogens is 582 g/mol. The lowest BCUT2D eigenvalue weighted by Crippen LogP contribution is -2.51. The van der Waals surface area contributed by atoms with E-state index >= 15 is 0 Å². The second kappa shape index (κ2) is 15.0. The molecule has 3 aromatic carbocycles. The fourth-order valence-corrected chi connectivity index (χ4v) is 5.77. The Hall–Kier alpha value is -1.89. The van der Waals surface area contributed by atoms with Crippen LogP contribution in [-0.4, -0.2) is 35.1 Å². The fourth-order valence-electron chi connectivity index (χ4n) is 3.80. The number of carbonyl (C=O) groups excluding carboxylic acids is 2. The van der Waals surface area contributed by atoms with E-state index < -0.39 is 6.04 Å². The molecule has 0 radical (unpaired) electrons. The van der Waals surface area contributed by atoms with Crippen LogP contribution >= 0.6 is 58.2 Å². The van der Waals surface area contributed by atoms with E-state index in [2.05, 4.69) is 5.32 Å². The van der Waals surface area contributed by atoms with Gasteiger partial charge in [0, 0.05) is 35.3 Å². The number of thioether (sulfide) groups is 1. The van der Waals surface area contributed by atoms with Crippen molar-refractivity contribution in [1.82, 2.24) is 10.2 Å². The summed E-state index contributed by atoms with van der Waals surface area (Å²) in [5.74, 6) is 0.505. The van der Waals surface area contributed by atoms with Crippen LogP contribution in [0.5, 0.6) is 0 Å². The number of carbonyl (C=O) groups is 2. The SMILES string of the molecule is CC(C)CNC(=O)[C@@H](Cc1ccccc1)N(Cc1ccc(Cl)c(Cl)c1)C(=O)CSCc1c(Cl)cccc1Cl. The van der Waals surface area contributed by atoms with Gasteiger partial charge in [0.15, 0.2) is 0 Å². The van der Waals surface area contributed by atoms with Crippen molar-refractivity contribution in [2.45, 2.75) is 38.6 Å². The highest BCUT2D eigenvalue weighted by Gasteiger charge is 2.30. The standard InChI is InChI=1S/C29H30Cl4N2O2S/c1-19(2)15-34-29(37)27(14-20-7-4-3-5-8-20)35(16-21-11-12-25(32)26(33)13-21)28(36)18-38-17-22-23(30)9-6-10-24(22)31/h3-13,19,27H,14-18H2,1-2H3,(H,34,37)/t27-/m1/s1. The molecule has 38 heavy (non-hydrogen) atoms. The molecule has 0 unspecified atom stereocenters. The third-order valence-corrected chi connectivity index (χ3v) is 8.22. The minimum Gasteiger partial charge on any atom is -0.354 e. The van der Waals surface area contributed by atoms with E-state index in [0.717, 1.165) is 16.7 Å². The van der Waals surface area contributed by atoms with E-state index in [9.17, 15) is 9.59 Å². The first-order valence-corrected chi connectivity index (χ1v) is 14.9. The Balaban J connectivity index is 1.88. The van der Waals surface area contributed by atoms with E-state index in [1.807, 2.05) is 50.2 Å². The van der Waals surface area contributed by atoms with Gasteiger partial charge in [0.2, 0.25) is 11.8 Å². The average Bonchev–Trinajstić information content (AvgIpc) is 2.89. The first-order valence-electron chi connectivity index (χ1n) is 12.2. The largest absolute Gasteiger partial charge is 0.354 e. The predicted molar refractivity (Wildman–Crippen MR) is 161 cm³/mol. The summed E-state index contributed by atoms with van der Waals surface area (Å²) in [5.41, 5.74) is 2.52. The van der Waals surface area contributed by atoms with Gasteiger partial charge in [0.05, 0.1) is 15.8 Å². The highest BCUT2D eigenvalue weighted by molar-refractivity contribution is 7.99. The number of nitrogens with one attached hydrogen (secondary N) is 1. The molecule has 0 saturated heterocycles. The number of benzene rings is 3. The lowest BCUT2D eigenvalue weighted by atomic mass is 10.0. The second-order valence-electron chi connectivity index (χ2n) is 9.31. The molecule has 9 heteroatoms. The number of rotatable bonds is 12. The highest BCUT2D eigenvalue weighted by Crippen LogP contribution is 2.29. The molecule has 3 aromatic rings. The molecule has 0 saturated carbocycles. The zero-order chi connectivity index (χ0) is 27.7. The van der Waals surface area contributed by atoms with Gasteiger partial charge in [-0.3, -0.25) is 9.59 Å². The van der Waals surface area contributed by atoms with Gasteiger partial charge in [-0.05, 0) is 46.9 Å². The Labute approximate surface area is 249 Å². The Bertz CT molecular complexity index is 1220. The van der Waals surface area contributed by atoms with Crippen molar-refractivity contribution in [3.8, 4) is 0 Å². The number of hydrogen-bond acceptors (Lipinski definition) is 3. The van der Waals surface area contributed by atoms with Crippen LogP contribution in [0.15, 0.2) is 66.7 Å². The molecule has 1 atom stereocenters. The van der Waals surface area contributed by atoms with E-state index in [1.54, 1.807) is 35.2 Å². The van der Waals surface area contributed by atoms with E-state index in [4.69, 9.17) is 46.4 Å². The van der Waals surface area contributed by atoms with Crippen LogP contribution in [0, 0.1) is 5.92 Å². The quantitative estimate of drug-likeness (QED) is 0.226. The molecule has 202 valence electrons. The molecule has 0 spiro atoms. The minimum absolute atomic E-state index is 0.144. The van der Waals surface area contributed by atoms with Crippen LogP contribution in [0.4, 0.5) is 0 Å². The maximum Gasteiger partial charge on any atom is 0.243 e. The summed E-state index contributed by atoms with van der Waals surface area (Å²) in [6.45, 7) is 4.78. The smallest absolute Gasteiger partial charge is 0.243 e. The zero-order valence-corrected chi connectivity index (χ0v) is 25.1. The summed E-state index contributed by atoms with van der Waals surface area (Å²) in [7, 11) is 0. The first-order chi connectivity index (χ1) is 18.2. The van der Waals surface area contributed by atoms with Gasteiger partial charge in [0.25, 0.3) is 0 Å². The molecule has 0 fully saturated rings. The number of amides is 2. The molecule has 0 aliphatic rings. The molecule has 3 rings (SSSR count). The van der Waals surface area contributed by atoms with Crippen LogP contribution in [-0.2, 0) is 28.3 Å². The van der Waals surface area contributed by atoms with Gasteiger partial charge in [-0.1, -0.05) is 103 Å². The summed E-state index contributed by atoms with van der Waals surface area (Å²) in [6.07, 6.45) is 0.374. The monoisotopic (exact) mass is 610 g/mol. The topological polar surface area (TPSA) is 49.4 Å². The number of hydrogen-bond donors (Lipinski definition) is 1. The van der Waals surface area contributed by atoms with Crippen LogP contribution in [0.3, 0.4) is 0 Å². The van der Waals surface area contributed by atoms with Gasteiger partial charge in [0.1, 0.15) is 6.04 Å². The van der Waals surface area contributed by atoms with Gasteiger partial charge >= 0.3 is 0 Å². The Kier molecular flexibility index (Phi) is 12.1. The van der Waals surface area contributed by atoms with Crippen LogP contribution < -0.4 is 5.32 Å². The van der Waals surface area contributed by atoms with Crippen LogP contribution in [0.2, 0.25) is 20.1 Å². The van der Waals surface area contributed by atoms with Crippen molar-refractivity contribution < 1.29 is 9.59 Å². The van der Waals surface area contributed by atoms with Gasteiger partial charge in [-0.15, -0.1) is 11.8 Å². The van der Waals surface area contributed by atoms with Gasteiger partial charge < -0.3 is 10.2 Å². The molecule has 1 N–H and O–H groups in total. The van der Waals surface area contributed by atoms with E-state index in [1.165, 1.54) is 11.8 Å². The molecule has 0 aromatic heterocycles. The van der Waals surface area contributed by atoms with Crippen molar-refractivity contribution >= 4 is 70.0 Å². The zero-order valence-electron chi connectivity index (χ0n) is 21.2. The molecule has 0 heterocycles. The van der Waals surface area contributed by atoms with Crippen molar-refractivity contribution in [2.24, 2.45) is 5.92 Å². The minimum atomic E-state index is -0.720. The van der Waals surface area contributed by atoms with Gasteiger partial charge in [-0.25, -0.2) is 0 Å². The average molecular weight is 612 g/mol. The van der Waals surface area contributed by atoms with Gasteiger partial charge in [-0.2, -0.15) is 0 Å². The van der Waals surface area contributed by atoms with Crippen molar-refractivity contribution in [3.63, 3.8) is 0 Å². The second-order valence-corrected chi connectivity index (χ2v) is 11.9. The Morgan fingerprint density at radius 1 is 0.842 bits per heavy atom. The number of nitrogens with zero attached hydrogens (tertiary/aromatic N) is 1. The summed E-state index contributed by atoms with van der Waals surface area (Å²) < 4.78 is 0. The molecule has 0 aliphatic carbocycles. The molecule has 2 amide bonds. The summed E-state index contributed by atoms with van der Waals surface area (Å²) >= 11 is 26.4. The highest BCUT2D eigenvalue weighted by atomic mass is 35.5. The van der Waals surface area contributed by atoms with E-state index in [0.29, 0.717) is 38.8 Å². The predicted octanol–water partition coefficient (Wildman–Crippen LogP) is 7.95. The Morgan fingerprint density at radius 3 is 2.16 bits per heavy atom. The maximum absolute atomic E-state index is 13.7. The summed E-state index contributed by atoms with van der Waals surface area (Å²) in [4.78, 5) is 28.9. The van der Waals surface area contributed by atoms with Crippen LogP contribution in [0.1, 0.15) is 30.5 Å². The fraction of sp³-hybridized carbons (Fsp3) is 0.310. The molecule has 0 aliphatic heterocycles. The third-order valence-electron chi connectivity index (χ3n) is 5.83.